The van der Waals surface area contributed by atoms with Gasteiger partial charge in [-0.25, -0.2) is 28.4 Å². The number of H-pyrrole nitrogens is 2. The van der Waals surface area contributed by atoms with Crippen molar-refractivity contribution < 1.29 is 8.78 Å². The van der Waals surface area contributed by atoms with Gasteiger partial charge in [0.25, 0.3) is 0 Å². The Hall–Kier alpha value is -5.88. The maximum Gasteiger partial charge on any atom is 0.187 e. The molecule has 6 nitrogen and oxygen atoms in total. The van der Waals surface area contributed by atoms with Crippen molar-refractivity contribution in [2.45, 2.75) is 0 Å². The number of hydrogen-bond acceptors (Lipinski definition) is 2. The summed E-state index contributed by atoms with van der Waals surface area (Å²) in [5, 5.41) is 8.94. The molecule has 10 aromatic rings. The van der Waals surface area contributed by atoms with Gasteiger partial charge in [0, 0.05) is 46.1 Å². The summed E-state index contributed by atoms with van der Waals surface area (Å²) in [6, 6.07) is 32.1. The topological polar surface area (TPSA) is 66.1 Å². The minimum atomic E-state index is -0.659. The van der Waals surface area contributed by atoms with E-state index in [1.54, 1.807) is 24.3 Å². The highest BCUT2D eigenvalue weighted by molar-refractivity contribution is 9.10. The lowest BCUT2D eigenvalue weighted by molar-refractivity contribution is 0.588. The van der Waals surface area contributed by atoms with Crippen molar-refractivity contribution in [3.63, 3.8) is 0 Å². The normalized spacial score (nSPS) is 11.4. The molecule has 2 heterocycles. The van der Waals surface area contributed by atoms with Crippen LogP contribution in [0.15, 0.2) is 118 Å². The molecule has 0 unspecified atom stereocenters. The van der Waals surface area contributed by atoms with Crippen LogP contribution in [0.4, 0.5) is 20.2 Å². The highest BCUT2D eigenvalue weighted by Crippen LogP contribution is 2.42. The summed E-state index contributed by atoms with van der Waals surface area (Å²) in [5.74, 6) is -0.640. The van der Waals surface area contributed by atoms with Crippen LogP contribution < -0.4 is 0 Å². The molecule has 0 atom stereocenters. The molecule has 0 aliphatic heterocycles. The smallest absolute Gasteiger partial charge is 0.187 e. The van der Waals surface area contributed by atoms with Gasteiger partial charge in [-0.2, -0.15) is 0 Å². The summed E-state index contributed by atoms with van der Waals surface area (Å²) in [4.78, 5) is 23.1. The quantitative estimate of drug-likeness (QED) is 0.134. The fourth-order valence-corrected chi connectivity index (χ4v) is 8.32. The van der Waals surface area contributed by atoms with E-state index in [0.29, 0.717) is 43.8 Å². The van der Waals surface area contributed by atoms with Crippen molar-refractivity contribution in [3.05, 3.63) is 163 Å². The molecule has 0 saturated carbocycles. The predicted octanol–water partition coefficient (Wildman–Crippen LogP) is 15.3. The summed E-state index contributed by atoms with van der Waals surface area (Å²) in [6.07, 6.45) is 0. The first kappa shape index (κ1) is 35.8. The van der Waals surface area contributed by atoms with E-state index in [2.05, 4.69) is 62.6 Å². The lowest BCUT2D eigenvalue weighted by atomic mass is 10.00. The predicted molar refractivity (Wildman–Crippen MR) is 231 cm³/mol. The third-order valence-electron chi connectivity index (χ3n) is 9.66. The maximum atomic E-state index is 14.3. The number of fused-ring (bicyclic) bond motifs is 12. The van der Waals surface area contributed by atoms with Crippen LogP contribution in [-0.4, -0.2) is 19.9 Å². The Kier molecular flexibility index (Phi) is 8.95. The van der Waals surface area contributed by atoms with E-state index in [1.807, 2.05) is 60.7 Å². The van der Waals surface area contributed by atoms with Gasteiger partial charge in [0.15, 0.2) is 11.4 Å². The minimum absolute atomic E-state index is 0.160. The molecule has 2 aromatic heterocycles. The second-order valence-corrected chi connectivity index (χ2v) is 15.6. The first-order valence-electron chi connectivity index (χ1n) is 16.9. The molecule has 0 spiro atoms. The van der Waals surface area contributed by atoms with Crippen molar-refractivity contribution in [1.82, 2.24) is 19.9 Å². The Morgan fingerprint density at radius 1 is 0.500 bits per heavy atom. The van der Waals surface area contributed by atoms with E-state index in [0.717, 1.165) is 63.1 Å². The van der Waals surface area contributed by atoms with E-state index in [1.165, 1.54) is 18.2 Å². The van der Waals surface area contributed by atoms with Gasteiger partial charge in [-0.3, -0.25) is 0 Å². The number of aromatic nitrogens is 4. The standard InChI is InChI=1S/C23H10BrClN4.C21H10BrClF2N2/c1-26-18-4-3-5-19(27-2)20(18)23-28-21-14-8-6-12(24)10-16(14)17-11-13(25)7-9-15(17)22(21)29-23;22-10-4-6-12-14(8-10)15-9-11(23)5-7-13(15)20-19(12)26-21(27-20)18-16(24)2-1-3-17(18)25/h3-11H,(H,28,29);1-9H,(H,26,27). The molecule has 0 saturated heterocycles. The van der Waals surface area contributed by atoms with Gasteiger partial charge in [-0.15, -0.1) is 0 Å². The molecule has 0 amide bonds. The lowest BCUT2D eigenvalue weighted by Crippen LogP contribution is -1.91. The molecular weight excluding hydrogens is 881 g/mol. The third-order valence-corrected chi connectivity index (χ3v) is 11.1. The molecule has 0 bridgehead atoms. The number of imidazole rings is 2. The lowest BCUT2D eigenvalue weighted by Gasteiger charge is -2.07. The van der Waals surface area contributed by atoms with Crippen molar-refractivity contribution in [1.29, 1.82) is 0 Å². The molecule has 0 fully saturated rings. The molecule has 2 N–H and O–H groups in total. The van der Waals surface area contributed by atoms with Gasteiger partial charge in [-0.05, 0) is 82.2 Å². The Morgan fingerprint density at radius 2 is 0.911 bits per heavy atom. The molecule has 10 rings (SSSR count). The Balaban J connectivity index is 0.000000147. The average Bonchev–Trinajstić information content (AvgIpc) is 3.84. The first-order chi connectivity index (χ1) is 27.1. The van der Waals surface area contributed by atoms with Gasteiger partial charge in [0.05, 0.1) is 40.8 Å². The monoisotopic (exact) mass is 898 g/mol. The van der Waals surface area contributed by atoms with Crippen molar-refractivity contribution in [2.75, 3.05) is 0 Å². The van der Waals surface area contributed by atoms with Crippen LogP contribution in [0.2, 0.25) is 10.0 Å². The van der Waals surface area contributed by atoms with E-state index >= 15 is 0 Å². The first-order valence-corrected chi connectivity index (χ1v) is 19.2. The maximum absolute atomic E-state index is 14.3. The molecule has 0 aliphatic carbocycles. The zero-order chi connectivity index (χ0) is 38.8. The van der Waals surface area contributed by atoms with E-state index in [4.69, 9.17) is 41.3 Å². The molecule has 268 valence electrons. The molecule has 56 heavy (non-hydrogen) atoms. The molecule has 12 heteroatoms. The average molecular weight is 901 g/mol. The van der Waals surface area contributed by atoms with Crippen LogP contribution >= 0.6 is 55.1 Å². The third kappa shape index (κ3) is 5.94. The van der Waals surface area contributed by atoms with Gasteiger partial charge in [0.1, 0.15) is 23.3 Å². The zero-order valence-electron chi connectivity index (χ0n) is 28.4. The van der Waals surface area contributed by atoms with Gasteiger partial charge >= 0.3 is 0 Å². The van der Waals surface area contributed by atoms with Gasteiger partial charge in [0.2, 0.25) is 0 Å². The summed E-state index contributed by atoms with van der Waals surface area (Å²) in [5.41, 5.74) is 4.19. The SMILES string of the molecule is Fc1cccc(F)c1-c1nc2c3ccc(Br)cc3c3cc(Cl)ccc3c2[nH]1.[C-]#[N+]c1cccc([N+]#[C-])c1-c1nc2c3ccc(Br)cc3c3cc(Cl)ccc3c2[nH]1. The second-order valence-electron chi connectivity index (χ2n) is 12.9. The van der Waals surface area contributed by atoms with Crippen LogP contribution in [-0.2, 0) is 0 Å². The van der Waals surface area contributed by atoms with Crippen molar-refractivity contribution in [3.8, 4) is 22.8 Å². The number of nitrogens with zero attached hydrogens (tertiary/aromatic N) is 4. The number of nitrogens with one attached hydrogen (secondary N) is 2. The number of benzene rings is 8. The zero-order valence-corrected chi connectivity index (χ0v) is 33.1. The Morgan fingerprint density at radius 3 is 1.38 bits per heavy atom. The second kappa shape index (κ2) is 14.0. The van der Waals surface area contributed by atoms with Gasteiger partial charge < -0.3 is 9.97 Å². The number of halogens is 6. The van der Waals surface area contributed by atoms with Crippen LogP contribution in [0, 0.1) is 24.8 Å². The summed E-state index contributed by atoms with van der Waals surface area (Å²) in [7, 11) is 0. The van der Waals surface area contributed by atoms with Crippen molar-refractivity contribution in [2.24, 2.45) is 0 Å². The largest absolute Gasteiger partial charge is 0.340 e. The minimum Gasteiger partial charge on any atom is -0.340 e. The van der Waals surface area contributed by atoms with E-state index in [-0.39, 0.29) is 11.4 Å². The molecule has 0 aliphatic rings. The Bertz CT molecular complexity index is 3170. The summed E-state index contributed by atoms with van der Waals surface area (Å²) >= 11 is 19.6. The highest BCUT2D eigenvalue weighted by atomic mass is 79.9. The number of aromatic amines is 2. The van der Waals surface area contributed by atoms with E-state index in [9.17, 15) is 8.78 Å². The molecule has 8 aromatic carbocycles. The fraction of sp³-hybridized carbons (Fsp3) is 0. The fourth-order valence-electron chi connectivity index (χ4n) is 7.25. The number of hydrogen-bond donors (Lipinski definition) is 2. The van der Waals surface area contributed by atoms with Gasteiger partial charge in [-0.1, -0.05) is 104 Å². The van der Waals surface area contributed by atoms with Crippen LogP contribution in [0.5, 0.6) is 0 Å². The summed E-state index contributed by atoms with van der Waals surface area (Å²) < 4.78 is 30.4. The number of rotatable bonds is 2. The van der Waals surface area contributed by atoms with Crippen molar-refractivity contribution >= 4 is 132 Å². The Labute approximate surface area is 343 Å². The van der Waals surface area contributed by atoms with E-state index < -0.39 is 11.6 Å². The highest BCUT2D eigenvalue weighted by Gasteiger charge is 2.20. The molecular formula is C44H20Br2Cl2F2N6. The molecule has 0 radical (unpaired) electrons. The van der Waals surface area contributed by atoms with Crippen LogP contribution in [0.3, 0.4) is 0 Å². The van der Waals surface area contributed by atoms with Crippen LogP contribution in [0.25, 0.3) is 97.6 Å². The van der Waals surface area contributed by atoms with Crippen LogP contribution in [0.1, 0.15) is 0 Å². The summed E-state index contributed by atoms with van der Waals surface area (Å²) in [6.45, 7) is 15.0.